The summed E-state index contributed by atoms with van der Waals surface area (Å²) in [4.78, 5) is 22.1. The summed E-state index contributed by atoms with van der Waals surface area (Å²) in [5.74, 6) is 0.774. The van der Waals surface area contributed by atoms with E-state index >= 15 is 0 Å². The first-order valence-corrected chi connectivity index (χ1v) is 6.79. The zero-order valence-electron chi connectivity index (χ0n) is 13.0. The van der Waals surface area contributed by atoms with Crippen LogP contribution in [-0.4, -0.2) is 34.8 Å². The fourth-order valence-electron chi connectivity index (χ4n) is 1.75. The van der Waals surface area contributed by atoms with Crippen LogP contribution in [0.2, 0.25) is 0 Å². The second-order valence-electron chi connectivity index (χ2n) is 6.10. The van der Waals surface area contributed by atoms with Crippen LogP contribution in [0.15, 0.2) is 5.28 Å². The van der Waals surface area contributed by atoms with E-state index in [9.17, 15) is 5.21 Å². The maximum atomic E-state index is 11.6. The highest BCUT2D eigenvalue weighted by Gasteiger charge is 2.25. The Morgan fingerprint density at radius 2 is 1.70 bits per heavy atom. The molecule has 0 spiro atoms. The molecule has 0 aromatic heterocycles. The molecule has 0 aromatic carbocycles. The molecule has 7 nitrogen and oxygen atoms in total. The molecular formula is C13H25N3O4. The third kappa shape index (κ3) is 7.09. The molecule has 0 heterocycles. The predicted octanol–water partition coefficient (Wildman–Crippen LogP) is 2.52. The summed E-state index contributed by atoms with van der Waals surface area (Å²) in [7, 11) is 1.71. The topological polar surface area (TPSA) is 85.0 Å². The van der Waals surface area contributed by atoms with Crippen LogP contribution in [0.1, 0.15) is 53.4 Å². The van der Waals surface area contributed by atoms with Crippen molar-refractivity contribution in [3.63, 3.8) is 0 Å². The molecule has 0 radical (unpaired) electrons. The summed E-state index contributed by atoms with van der Waals surface area (Å²) in [5.41, 5.74) is -0.254. The first-order chi connectivity index (χ1) is 9.22. The second-order valence-corrected chi connectivity index (χ2v) is 6.10. The molecular weight excluding hydrogens is 262 g/mol. The fourth-order valence-corrected chi connectivity index (χ4v) is 1.75. The van der Waals surface area contributed by atoms with Crippen LogP contribution in [-0.2, 0) is 14.4 Å². The lowest BCUT2D eigenvalue weighted by atomic mass is 9.89. The van der Waals surface area contributed by atoms with Crippen molar-refractivity contribution in [2.24, 2.45) is 11.2 Å². The molecule has 1 rings (SSSR count). The second kappa shape index (κ2) is 8.53. The van der Waals surface area contributed by atoms with Crippen molar-refractivity contribution in [3.05, 3.63) is 5.21 Å². The van der Waals surface area contributed by atoms with Crippen molar-refractivity contribution in [1.82, 2.24) is 5.01 Å². The number of hydrogen-bond donors (Lipinski definition) is 0. The molecule has 0 N–H and O–H groups in total. The van der Waals surface area contributed by atoms with Gasteiger partial charge in [-0.15, -0.1) is 5.01 Å². The van der Waals surface area contributed by atoms with Crippen molar-refractivity contribution in [1.29, 1.82) is 0 Å². The Kier molecular flexibility index (Phi) is 7.84. The normalized spacial score (nSPS) is 23.1. The largest absolute Gasteiger partial charge is 0.569 e. The van der Waals surface area contributed by atoms with Gasteiger partial charge in [-0.2, -0.15) is 9.59 Å². The van der Waals surface area contributed by atoms with Gasteiger partial charge in [0.05, 0.1) is 17.6 Å². The van der Waals surface area contributed by atoms with Crippen molar-refractivity contribution >= 4 is 6.15 Å². The molecule has 0 aliphatic heterocycles. The molecule has 1 fully saturated rings. The van der Waals surface area contributed by atoms with Crippen LogP contribution >= 0.6 is 0 Å². The molecule has 20 heavy (non-hydrogen) atoms. The minimum atomic E-state index is -0.254. The maximum Gasteiger partial charge on any atom is 0.373 e. The molecule has 1 saturated carbocycles. The molecule has 7 heteroatoms. The van der Waals surface area contributed by atoms with Gasteiger partial charge in [-0.3, -0.25) is 0 Å². The Bertz CT molecular complexity index is 338. The zero-order chi connectivity index (χ0) is 15.8. The predicted molar refractivity (Wildman–Crippen MR) is 71.1 cm³/mol. The van der Waals surface area contributed by atoms with Gasteiger partial charge in [-0.25, -0.2) is 0 Å². The van der Waals surface area contributed by atoms with Crippen molar-refractivity contribution in [2.45, 2.75) is 65.0 Å². The number of carbonyl (C=O) groups excluding carboxylic acids is 2. The van der Waals surface area contributed by atoms with E-state index in [1.165, 1.54) is 5.01 Å². The summed E-state index contributed by atoms with van der Waals surface area (Å²) in [6.07, 6.45) is 4.67. The Balaban J connectivity index is 0.00000110. The molecule has 0 bridgehead atoms. The number of hydrogen-bond acceptors (Lipinski definition) is 5. The summed E-state index contributed by atoms with van der Waals surface area (Å²) in [6.45, 7) is 8.11. The van der Waals surface area contributed by atoms with Crippen LogP contribution in [0.5, 0.6) is 0 Å². The minimum absolute atomic E-state index is 0.107. The first-order valence-electron chi connectivity index (χ1n) is 6.79. The lowest BCUT2D eigenvalue weighted by Gasteiger charge is -2.27. The summed E-state index contributed by atoms with van der Waals surface area (Å²) < 4.78 is 0. The van der Waals surface area contributed by atoms with E-state index in [1.54, 1.807) is 7.05 Å². The molecule has 1 aliphatic carbocycles. The third-order valence-electron chi connectivity index (χ3n) is 3.46. The molecule has 116 valence electrons. The number of rotatable bonds is 3. The van der Waals surface area contributed by atoms with E-state index in [0.717, 1.165) is 31.6 Å². The van der Waals surface area contributed by atoms with E-state index in [1.807, 2.05) is 20.8 Å². The number of nitrogens with zero attached hydrogens (tertiary/aromatic N) is 3. The average molecular weight is 287 g/mol. The van der Waals surface area contributed by atoms with Gasteiger partial charge in [-0.1, -0.05) is 6.92 Å². The highest BCUT2D eigenvalue weighted by atomic mass is 16.7. The van der Waals surface area contributed by atoms with E-state index in [4.69, 9.17) is 14.4 Å². The lowest BCUT2D eigenvalue weighted by molar-refractivity contribution is -0.720. The fraction of sp³-hybridized carbons (Fsp3) is 0.923. The van der Waals surface area contributed by atoms with Crippen molar-refractivity contribution in [2.75, 3.05) is 7.05 Å². The molecule has 1 aliphatic rings. The van der Waals surface area contributed by atoms with Gasteiger partial charge < -0.3 is 10.0 Å². The standard InChI is InChI=1S/C12H25N3O2.CO2/c1-10-6-8-11(9-7-10)17-13-15(16)14(5)12(2,3)4;2-1-3/h10-11H,6-9H2,1-5H3;/b15-13-;. The van der Waals surface area contributed by atoms with Gasteiger partial charge in [0.2, 0.25) is 5.28 Å². The Labute approximate surface area is 120 Å². The van der Waals surface area contributed by atoms with Gasteiger partial charge in [-0.05, 0) is 52.4 Å². The van der Waals surface area contributed by atoms with Crippen LogP contribution in [0.25, 0.3) is 0 Å². The van der Waals surface area contributed by atoms with Crippen LogP contribution < -0.4 is 0 Å². The Hall–Kier alpha value is -1.62. The van der Waals surface area contributed by atoms with E-state index in [2.05, 4.69) is 12.2 Å². The molecule has 0 unspecified atom stereocenters. The third-order valence-corrected chi connectivity index (χ3v) is 3.46. The van der Waals surface area contributed by atoms with E-state index in [0.29, 0.717) is 4.97 Å². The highest BCUT2D eigenvalue weighted by molar-refractivity contribution is 5.20. The van der Waals surface area contributed by atoms with E-state index in [-0.39, 0.29) is 17.8 Å². The van der Waals surface area contributed by atoms with Crippen LogP contribution in [0.4, 0.5) is 0 Å². The maximum absolute atomic E-state index is 11.6. The molecule has 0 saturated heterocycles. The Morgan fingerprint density at radius 3 is 2.10 bits per heavy atom. The molecule has 0 amide bonds. The summed E-state index contributed by atoms with van der Waals surface area (Å²) in [5, 5.41) is 16.8. The quantitative estimate of drug-likeness (QED) is 0.452. The van der Waals surface area contributed by atoms with Gasteiger partial charge in [0.1, 0.15) is 6.10 Å². The molecule has 0 atom stereocenters. The number of hydrazine groups is 1. The van der Waals surface area contributed by atoms with Gasteiger partial charge in [0.15, 0.2) is 0 Å². The lowest BCUT2D eigenvalue weighted by Crippen LogP contribution is -2.42. The van der Waals surface area contributed by atoms with Crippen LogP contribution in [0.3, 0.4) is 0 Å². The van der Waals surface area contributed by atoms with E-state index < -0.39 is 0 Å². The highest BCUT2D eigenvalue weighted by Crippen LogP contribution is 2.25. The van der Waals surface area contributed by atoms with Crippen LogP contribution in [0, 0.1) is 11.1 Å². The molecule has 0 aromatic rings. The minimum Gasteiger partial charge on any atom is -0.569 e. The van der Waals surface area contributed by atoms with Gasteiger partial charge >= 0.3 is 6.15 Å². The SMILES string of the molecule is CC1CCC(O/N=[N+](\[O-])N(C)C(C)(C)C)CC1.O=C=O. The first kappa shape index (κ1) is 18.4. The zero-order valence-corrected chi connectivity index (χ0v) is 13.0. The Morgan fingerprint density at radius 1 is 1.25 bits per heavy atom. The van der Waals surface area contributed by atoms with Crippen molar-refractivity contribution < 1.29 is 19.4 Å². The van der Waals surface area contributed by atoms with Gasteiger partial charge in [0.25, 0.3) is 0 Å². The smallest absolute Gasteiger partial charge is 0.373 e. The summed E-state index contributed by atoms with van der Waals surface area (Å²) in [6, 6.07) is 0. The van der Waals surface area contributed by atoms with Gasteiger partial charge in [0, 0.05) is 0 Å². The summed E-state index contributed by atoms with van der Waals surface area (Å²) >= 11 is 0. The van der Waals surface area contributed by atoms with Crippen molar-refractivity contribution in [3.8, 4) is 0 Å². The monoisotopic (exact) mass is 287 g/mol. The average Bonchev–Trinajstić information content (AvgIpc) is 2.36.